The largest absolute Gasteiger partial charge is 0.330 e. The standard InChI is InChI=1S/C15H33N3/c1-5-9-15(3,12-16)13-17(4)11-14-8-7-10-18(14)6-2/h14H,5-13,16H2,1-4H3. The van der Waals surface area contributed by atoms with E-state index < -0.39 is 0 Å². The maximum atomic E-state index is 5.97. The van der Waals surface area contributed by atoms with Crippen LogP contribution in [0.1, 0.15) is 46.5 Å². The van der Waals surface area contributed by atoms with Crippen molar-refractivity contribution in [3.8, 4) is 0 Å². The minimum absolute atomic E-state index is 0.291. The summed E-state index contributed by atoms with van der Waals surface area (Å²) in [7, 11) is 2.26. The van der Waals surface area contributed by atoms with Gasteiger partial charge >= 0.3 is 0 Å². The van der Waals surface area contributed by atoms with Crippen LogP contribution in [0.2, 0.25) is 0 Å². The van der Waals surface area contributed by atoms with Crippen LogP contribution >= 0.6 is 0 Å². The molecule has 0 aliphatic carbocycles. The van der Waals surface area contributed by atoms with Gasteiger partial charge in [-0.2, -0.15) is 0 Å². The van der Waals surface area contributed by atoms with E-state index in [1.807, 2.05) is 0 Å². The van der Waals surface area contributed by atoms with Gasteiger partial charge in [-0.15, -0.1) is 0 Å². The fourth-order valence-corrected chi connectivity index (χ4v) is 3.44. The molecule has 1 aliphatic rings. The summed E-state index contributed by atoms with van der Waals surface area (Å²) >= 11 is 0. The van der Waals surface area contributed by atoms with Gasteiger partial charge in [-0.05, 0) is 51.4 Å². The van der Waals surface area contributed by atoms with Gasteiger partial charge in [0.1, 0.15) is 0 Å². The van der Waals surface area contributed by atoms with Crippen molar-refractivity contribution in [2.75, 3.05) is 39.8 Å². The number of hydrogen-bond acceptors (Lipinski definition) is 3. The van der Waals surface area contributed by atoms with E-state index in [2.05, 4.69) is 37.6 Å². The molecule has 2 atom stereocenters. The van der Waals surface area contributed by atoms with Crippen molar-refractivity contribution in [2.45, 2.75) is 52.5 Å². The van der Waals surface area contributed by atoms with Crippen molar-refractivity contribution >= 4 is 0 Å². The molecule has 1 aliphatic heterocycles. The van der Waals surface area contributed by atoms with Gasteiger partial charge in [-0.25, -0.2) is 0 Å². The summed E-state index contributed by atoms with van der Waals surface area (Å²) < 4.78 is 0. The number of likely N-dealkylation sites (tertiary alicyclic amines) is 1. The van der Waals surface area contributed by atoms with Crippen molar-refractivity contribution in [1.82, 2.24) is 9.80 Å². The number of likely N-dealkylation sites (N-methyl/N-ethyl adjacent to an activating group) is 2. The smallest absolute Gasteiger partial charge is 0.0223 e. The fourth-order valence-electron chi connectivity index (χ4n) is 3.44. The Bertz CT molecular complexity index is 232. The van der Waals surface area contributed by atoms with E-state index >= 15 is 0 Å². The second kappa shape index (κ2) is 7.46. The molecule has 3 heteroatoms. The molecule has 0 amide bonds. The number of hydrogen-bond donors (Lipinski definition) is 1. The zero-order chi connectivity index (χ0) is 13.6. The van der Waals surface area contributed by atoms with Gasteiger partial charge in [0.15, 0.2) is 0 Å². The molecule has 2 unspecified atom stereocenters. The lowest BCUT2D eigenvalue weighted by Crippen LogP contribution is -2.44. The molecule has 108 valence electrons. The topological polar surface area (TPSA) is 32.5 Å². The predicted molar refractivity (Wildman–Crippen MR) is 79.8 cm³/mol. The van der Waals surface area contributed by atoms with E-state index in [9.17, 15) is 0 Å². The molecule has 0 bridgehead atoms. The highest BCUT2D eigenvalue weighted by Gasteiger charge is 2.27. The molecular formula is C15H33N3. The molecule has 0 spiro atoms. The Labute approximate surface area is 114 Å². The summed E-state index contributed by atoms with van der Waals surface area (Å²) in [5, 5.41) is 0. The lowest BCUT2D eigenvalue weighted by Gasteiger charge is -2.35. The van der Waals surface area contributed by atoms with Crippen LogP contribution < -0.4 is 5.73 Å². The number of nitrogens with zero attached hydrogens (tertiary/aromatic N) is 2. The molecule has 0 aromatic carbocycles. The Morgan fingerprint density at radius 2 is 2.11 bits per heavy atom. The van der Waals surface area contributed by atoms with Gasteiger partial charge in [0.05, 0.1) is 0 Å². The summed E-state index contributed by atoms with van der Waals surface area (Å²) in [6, 6.07) is 0.767. The molecule has 3 nitrogen and oxygen atoms in total. The first-order valence-corrected chi connectivity index (χ1v) is 7.67. The van der Waals surface area contributed by atoms with Gasteiger partial charge in [0, 0.05) is 19.1 Å². The van der Waals surface area contributed by atoms with E-state index in [-0.39, 0.29) is 0 Å². The van der Waals surface area contributed by atoms with E-state index in [4.69, 9.17) is 5.73 Å². The summed E-state index contributed by atoms with van der Waals surface area (Å²) in [5.74, 6) is 0. The van der Waals surface area contributed by atoms with Crippen molar-refractivity contribution in [3.63, 3.8) is 0 Å². The Morgan fingerprint density at radius 3 is 2.67 bits per heavy atom. The second-order valence-electron chi connectivity index (χ2n) is 6.39. The summed E-state index contributed by atoms with van der Waals surface area (Å²) in [6.45, 7) is 12.5. The third kappa shape index (κ3) is 4.52. The third-order valence-electron chi connectivity index (χ3n) is 4.43. The van der Waals surface area contributed by atoms with E-state index in [1.54, 1.807) is 0 Å². The molecular weight excluding hydrogens is 222 g/mol. The van der Waals surface area contributed by atoms with Gasteiger partial charge in [0.2, 0.25) is 0 Å². The van der Waals surface area contributed by atoms with Crippen molar-refractivity contribution in [1.29, 1.82) is 0 Å². The average molecular weight is 255 g/mol. The zero-order valence-electron chi connectivity index (χ0n) is 12.9. The van der Waals surface area contributed by atoms with Crippen LogP contribution in [0.15, 0.2) is 0 Å². The highest BCUT2D eigenvalue weighted by Crippen LogP contribution is 2.24. The Hall–Kier alpha value is -0.120. The van der Waals surface area contributed by atoms with Gasteiger partial charge in [-0.1, -0.05) is 27.2 Å². The number of nitrogens with two attached hydrogens (primary N) is 1. The van der Waals surface area contributed by atoms with Gasteiger partial charge in [-0.3, -0.25) is 4.90 Å². The predicted octanol–water partition coefficient (Wildman–Crippen LogP) is 2.17. The molecule has 0 aromatic rings. The first-order chi connectivity index (χ1) is 8.54. The SMILES string of the molecule is CCCC(C)(CN)CN(C)CC1CCCN1CC. The van der Waals surface area contributed by atoms with E-state index in [1.165, 1.54) is 45.3 Å². The van der Waals surface area contributed by atoms with Crippen molar-refractivity contribution < 1.29 is 0 Å². The Kier molecular flexibility index (Phi) is 6.61. The Morgan fingerprint density at radius 1 is 1.39 bits per heavy atom. The monoisotopic (exact) mass is 255 g/mol. The minimum atomic E-state index is 0.291. The normalized spacial score (nSPS) is 24.7. The summed E-state index contributed by atoms with van der Waals surface area (Å²) in [5.41, 5.74) is 6.26. The zero-order valence-corrected chi connectivity index (χ0v) is 12.9. The quantitative estimate of drug-likeness (QED) is 0.721. The maximum absolute atomic E-state index is 5.97. The van der Waals surface area contributed by atoms with Crippen LogP contribution in [0.3, 0.4) is 0 Å². The van der Waals surface area contributed by atoms with Gasteiger partial charge < -0.3 is 10.6 Å². The van der Waals surface area contributed by atoms with E-state index in [0.29, 0.717) is 5.41 Å². The summed E-state index contributed by atoms with van der Waals surface area (Å²) in [4.78, 5) is 5.12. The van der Waals surface area contributed by atoms with E-state index in [0.717, 1.165) is 19.1 Å². The summed E-state index contributed by atoms with van der Waals surface area (Å²) in [6.07, 6.45) is 5.20. The highest BCUT2D eigenvalue weighted by atomic mass is 15.2. The average Bonchev–Trinajstić information content (AvgIpc) is 2.76. The third-order valence-corrected chi connectivity index (χ3v) is 4.43. The van der Waals surface area contributed by atoms with Crippen LogP contribution in [0.5, 0.6) is 0 Å². The molecule has 0 aromatic heterocycles. The van der Waals surface area contributed by atoms with Crippen LogP contribution in [0.4, 0.5) is 0 Å². The molecule has 1 saturated heterocycles. The highest BCUT2D eigenvalue weighted by molar-refractivity contribution is 4.84. The van der Waals surface area contributed by atoms with Crippen molar-refractivity contribution in [3.05, 3.63) is 0 Å². The molecule has 18 heavy (non-hydrogen) atoms. The molecule has 0 saturated carbocycles. The van der Waals surface area contributed by atoms with Gasteiger partial charge in [0.25, 0.3) is 0 Å². The van der Waals surface area contributed by atoms with Crippen LogP contribution in [0, 0.1) is 5.41 Å². The van der Waals surface area contributed by atoms with Crippen LogP contribution in [0.25, 0.3) is 0 Å². The lowest BCUT2D eigenvalue weighted by atomic mass is 9.85. The minimum Gasteiger partial charge on any atom is -0.330 e. The molecule has 1 fully saturated rings. The molecule has 2 N–H and O–H groups in total. The first-order valence-electron chi connectivity index (χ1n) is 7.67. The Balaban J connectivity index is 2.42. The van der Waals surface area contributed by atoms with Crippen LogP contribution in [-0.4, -0.2) is 55.6 Å². The maximum Gasteiger partial charge on any atom is 0.0223 e. The number of rotatable bonds is 8. The van der Waals surface area contributed by atoms with Crippen molar-refractivity contribution in [2.24, 2.45) is 11.1 Å². The second-order valence-corrected chi connectivity index (χ2v) is 6.39. The molecule has 1 heterocycles. The first kappa shape index (κ1) is 15.9. The molecule has 0 radical (unpaired) electrons. The molecule has 1 rings (SSSR count). The van der Waals surface area contributed by atoms with Crippen LogP contribution in [-0.2, 0) is 0 Å². The lowest BCUT2D eigenvalue weighted by molar-refractivity contribution is 0.143. The fraction of sp³-hybridized carbons (Fsp3) is 1.00.